The normalized spacial score (nSPS) is 14.0. The molecule has 216 valence electrons. The maximum atomic E-state index is 12.6. The summed E-state index contributed by atoms with van der Waals surface area (Å²) in [6.45, 7) is 11.0. The standard InChI is InChI=1S/C29H35N7O5/c1-29(2,3)26-18-27(33-41-26)31-28(37)30-23-10-5-20(17-25(23)38-4)24-19-36(34-32-24)21-6-8-22(9-7-21)40-16-13-35-11-14-39-15-12-35/h5-10,17-19H,11-16H2,1-4H3,(H2,30,31,33,37). The van der Waals surface area contributed by atoms with E-state index in [4.69, 9.17) is 18.7 Å². The zero-order valence-electron chi connectivity index (χ0n) is 23.7. The van der Waals surface area contributed by atoms with Crippen LogP contribution in [0.5, 0.6) is 11.5 Å². The van der Waals surface area contributed by atoms with Crippen LogP contribution in [-0.2, 0) is 10.2 Å². The van der Waals surface area contributed by atoms with Crippen LogP contribution in [0.3, 0.4) is 0 Å². The minimum atomic E-state index is -0.468. The number of carbonyl (C=O) groups excluding carboxylic acids is 1. The third-order valence-corrected chi connectivity index (χ3v) is 6.61. The van der Waals surface area contributed by atoms with Gasteiger partial charge in [0.2, 0.25) is 0 Å². The second kappa shape index (κ2) is 12.4. The molecule has 2 amide bonds. The number of aromatic nitrogens is 4. The van der Waals surface area contributed by atoms with E-state index in [9.17, 15) is 4.79 Å². The van der Waals surface area contributed by atoms with E-state index in [1.807, 2.05) is 57.3 Å². The first-order valence-electron chi connectivity index (χ1n) is 13.5. The maximum Gasteiger partial charge on any atom is 0.325 e. The predicted molar refractivity (Wildman–Crippen MR) is 154 cm³/mol. The van der Waals surface area contributed by atoms with Crippen LogP contribution >= 0.6 is 0 Å². The zero-order valence-corrected chi connectivity index (χ0v) is 23.7. The number of nitrogens with one attached hydrogen (secondary N) is 2. The molecule has 1 aliphatic heterocycles. The van der Waals surface area contributed by atoms with E-state index in [2.05, 4.69) is 31.0 Å². The van der Waals surface area contributed by atoms with Crippen LogP contribution < -0.4 is 20.1 Å². The molecule has 12 nitrogen and oxygen atoms in total. The van der Waals surface area contributed by atoms with E-state index >= 15 is 0 Å². The summed E-state index contributed by atoms with van der Waals surface area (Å²) in [5.41, 5.74) is 2.57. The number of urea groups is 1. The van der Waals surface area contributed by atoms with Crippen molar-refractivity contribution in [1.82, 2.24) is 25.1 Å². The lowest BCUT2D eigenvalue weighted by atomic mass is 9.93. The van der Waals surface area contributed by atoms with E-state index in [0.29, 0.717) is 35.3 Å². The Labute approximate surface area is 238 Å². The zero-order chi connectivity index (χ0) is 28.8. The molecule has 5 rings (SSSR count). The number of benzene rings is 2. The van der Waals surface area contributed by atoms with Crippen LogP contribution in [0.1, 0.15) is 26.5 Å². The Kier molecular flexibility index (Phi) is 8.50. The number of anilines is 2. The summed E-state index contributed by atoms with van der Waals surface area (Å²) in [5.74, 6) is 2.28. The molecule has 2 N–H and O–H groups in total. The summed E-state index contributed by atoms with van der Waals surface area (Å²) in [7, 11) is 1.54. The molecule has 0 bridgehead atoms. The highest BCUT2D eigenvalue weighted by Crippen LogP contribution is 2.31. The lowest BCUT2D eigenvalue weighted by molar-refractivity contribution is 0.0322. The molecule has 3 heterocycles. The van der Waals surface area contributed by atoms with Gasteiger partial charge in [-0.1, -0.05) is 37.2 Å². The van der Waals surface area contributed by atoms with Crippen molar-refractivity contribution in [3.05, 3.63) is 60.5 Å². The van der Waals surface area contributed by atoms with Crippen LogP contribution in [-0.4, -0.2) is 77.6 Å². The first-order chi connectivity index (χ1) is 19.8. The number of ether oxygens (including phenoxy) is 3. The quantitative estimate of drug-likeness (QED) is 0.302. The Balaban J connectivity index is 1.19. The molecule has 12 heteroatoms. The predicted octanol–water partition coefficient (Wildman–Crippen LogP) is 4.58. The van der Waals surface area contributed by atoms with Crippen molar-refractivity contribution in [2.24, 2.45) is 0 Å². The molecule has 0 atom stereocenters. The molecule has 0 aliphatic carbocycles. The summed E-state index contributed by atoms with van der Waals surface area (Å²) in [5, 5.41) is 18.0. The number of hydrogen-bond donors (Lipinski definition) is 2. The molecule has 0 radical (unpaired) electrons. The van der Waals surface area contributed by atoms with Gasteiger partial charge < -0.3 is 24.1 Å². The van der Waals surface area contributed by atoms with Crippen molar-refractivity contribution in [1.29, 1.82) is 0 Å². The summed E-state index contributed by atoms with van der Waals surface area (Å²) in [6.07, 6.45) is 1.83. The molecule has 1 aliphatic rings. The van der Waals surface area contributed by atoms with Gasteiger partial charge in [-0.05, 0) is 36.4 Å². The first kappa shape index (κ1) is 28.1. The van der Waals surface area contributed by atoms with E-state index in [-0.39, 0.29) is 5.41 Å². The van der Waals surface area contributed by atoms with Gasteiger partial charge in [-0.2, -0.15) is 0 Å². The average Bonchev–Trinajstić information content (AvgIpc) is 3.65. The lowest BCUT2D eigenvalue weighted by Crippen LogP contribution is -2.38. The molecular weight excluding hydrogens is 526 g/mol. The minimum absolute atomic E-state index is 0.217. The monoisotopic (exact) mass is 561 g/mol. The second-order valence-corrected chi connectivity index (χ2v) is 10.7. The molecule has 0 spiro atoms. The fraction of sp³-hybridized carbons (Fsp3) is 0.379. The highest BCUT2D eigenvalue weighted by atomic mass is 16.5. The number of carbonyl (C=O) groups is 1. The summed E-state index contributed by atoms with van der Waals surface area (Å²) >= 11 is 0. The summed E-state index contributed by atoms with van der Waals surface area (Å²) in [4.78, 5) is 14.9. The molecular formula is C29H35N7O5. The SMILES string of the molecule is COc1cc(-c2cn(-c3ccc(OCCN4CCOCC4)cc3)nn2)ccc1NC(=O)Nc1cc(C(C)(C)C)on1. The third kappa shape index (κ3) is 7.21. The summed E-state index contributed by atoms with van der Waals surface area (Å²) < 4.78 is 23.8. The van der Waals surface area contributed by atoms with Crippen LogP contribution in [0, 0.1) is 0 Å². The second-order valence-electron chi connectivity index (χ2n) is 10.7. The van der Waals surface area contributed by atoms with E-state index < -0.39 is 6.03 Å². The van der Waals surface area contributed by atoms with Crippen molar-refractivity contribution >= 4 is 17.5 Å². The third-order valence-electron chi connectivity index (χ3n) is 6.61. The number of amides is 2. The van der Waals surface area contributed by atoms with Crippen LogP contribution in [0.15, 0.2) is 59.3 Å². The van der Waals surface area contributed by atoms with E-state index in [1.165, 1.54) is 7.11 Å². The van der Waals surface area contributed by atoms with Gasteiger partial charge in [0.1, 0.15) is 29.6 Å². The highest BCUT2D eigenvalue weighted by molar-refractivity contribution is 6.00. The van der Waals surface area contributed by atoms with Crippen LogP contribution in [0.25, 0.3) is 16.9 Å². The highest BCUT2D eigenvalue weighted by Gasteiger charge is 2.21. The van der Waals surface area contributed by atoms with E-state index in [0.717, 1.165) is 49.8 Å². The first-order valence-corrected chi connectivity index (χ1v) is 13.5. The van der Waals surface area contributed by atoms with Gasteiger partial charge in [0.15, 0.2) is 5.82 Å². The van der Waals surface area contributed by atoms with Gasteiger partial charge in [0.25, 0.3) is 0 Å². The van der Waals surface area contributed by atoms with E-state index in [1.54, 1.807) is 22.9 Å². The van der Waals surface area contributed by atoms with Gasteiger partial charge in [-0.25, -0.2) is 9.48 Å². The van der Waals surface area contributed by atoms with Crippen LogP contribution in [0.4, 0.5) is 16.3 Å². The van der Waals surface area contributed by atoms with Gasteiger partial charge in [-0.3, -0.25) is 10.2 Å². The molecule has 4 aromatic rings. The van der Waals surface area contributed by atoms with Crippen LogP contribution in [0.2, 0.25) is 0 Å². The molecule has 41 heavy (non-hydrogen) atoms. The molecule has 1 fully saturated rings. The number of methoxy groups -OCH3 is 1. The number of nitrogens with zero attached hydrogens (tertiary/aromatic N) is 5. The van der Waals surface area contributed by atoms with Gasteiger partial charge in [-0.15, -0.1) is 5.10 Å². The largest absolute Gasteiger partial charge is 0.495 e. The lowest BCUT2D eigenvalue weighted by Gasteiger charge is -2.26. The summed E-state index contributed by atoms with van der Waals surface area (Å²) in [6, 6.07) is 14.3. The maximum absolute atomic E-state index is 12.6. The smallest absolute Gasteiger partial charge is 0.325 e. The minimum Gasteiger partial charge on any atom is -0.495 e. The van der Waals surface area contributed by atoms with Crippen molar-refractivity contribution < 1.29 is 23.5 Å². The fourth-order valence-corrected chi connectivity index (χ4v) is 4.25. The molecule has 1 saturated heterocycles. The van der Waals surface area contributed by atoms with Gasteiger partial charge in [0, 0.05) is 36.7 Å². The van der Waals surface area contributed by atoms with Crippen molar-refractivity contribution in [3.8, 4) is 28.4 Å². The fourth-order valence-electron chi connectivity index (χ4n) is 4.25. The Hall–Kier alpha value is -4.42. The molecule has 0 unspecified atom stereocenters. The Morgan fingerprint density at radius 2 is 1.83 bits per heavy atom. The number of rotatable bonds is 9. The molecule has 2 aromatic carbocycles. The van der Waals surface area contributed by atoms with Gasteiger partial charge in [0.05, 0.1) is 37.9 Å². The molecule has 0 saturated carbocycles. The number of hydrogen-bond acceptors (Lipinski definition) is 9. The van der Waals surface area contributed by atoms with Crippen molar-refractivity contribution in [2.75, 3.05) is 57.2 Å². The Morgan fingerprint density at radius 1 is 1.05 bits per heavy atom. The Morgan fingerprint density at radius 3 is 2.54 bits per heavy atom. The average molecular weight is 562 g/mol. The van der Waals surface area contributed by atoms with Crippen molar-refractivity contribution in [3.63, 3.8) is 0 Å². The van der Waals surface area contributed by atoms with Crippen molar-refractivity contribution in [2.45, 2.75) is 26.2 Å². The molecule has 2 aromatic heterocycles. The number of morpholine rings is 1. The topological polar surface area (TPSA) is 129 Å². The van der Waals surface area contributed by atoms with Gasteiger partial charge >= 0.3 is 6.03 Å². The Bertz CT molecular complexity index is 1450.